The second-order valence-corrected chi connectivity index (χ2v) is 3.92. The molecule has 8 heteroatoms. The van der Waals surface area contributed by atoms with Crippen molar-refractivity contribution in [1.29, 1.82) is 0 Å². The van der Waals surface area contributed by atoms with E-state index in [1.54, 1.807) is 25.5 Å². The zero-order valence-electron chi connectivity index (χ0n) is 10.8. The summed E-state index contributed by atoms with van der Waals surface area (Å²) >= 11 is 0. The Bertz CT molecular complexity index is 548. The van der Waals surface area contributed by atoms with E-state index in [1.807, 2.05) is 11.6 Å². The first kappa shape index (κ1) is 12.9. The summed E-state index contributed by atoms with van der Waals surface area (Å²) in [6.45, 7) is 0.667. The van der Waals surface area contributed by atoms with Crippen LogP contribution in [0, 0.1) is 0 Å². The molecule has 19 heavy (non-hydrogen) atoms. The topological polar surface area (TPSA) is 97.6 Å². The van der Waals surface area contributed by atoms with Crippen LogP contribution in [0.4, 0.5) is 5.82 Å². The van der Waals surface area contributed by atoms with Gasteiger partial charge in [-0.25, -0.2) is 0 Å². The van der Waals surface area contributed by atoms with E-state index < -0.39 is 0 Å². The molecule has 2 heterocycles. The van der Waals surface area contributed by atoms with Gasteiger partial charge in [-0.05, 0) is 12.1 Å². The van der Waals surface area contributed by atoms with Crippen LogP contribution in [0.3, 0.4) is 0 Å². The van der Waals surface area contributed by atoms with Crippen LogP contribution in [-0.4, -0.2) is 44.5 Å². The van der Waals surface area contributed by atoms with Gasteiger partial charge in [-0.3, -0.25) is 4.79 Å². The molecule has 100 valence electrons. The molecule has 0 saturated carbocycles. The molecule has 0 bridgehead atoms. The SMILES string of the molecule is CNC(=O)c1ccc(NCCc2nncn2C)nn1. The Morgan fingerprint density at radius 3 is 2.74 bits per heavy atom. The summed E-state index contributed by atoms with van der Waals surface area (Å²) in [6, 6.07) is 3.34. The molecule has 0 saturated heterocycles. The number of rotatable bonds is 5. The van der Waals surface area contributed by atoms with Crippen LogP contribution in [0.2, 0.25) is 0 Å². The Morgan fingerprint density at radius 1 is 1.32 bits per heavy atom. The fourth-order valence-electron chi connectivity index (χ4n) is 1.51. The van der Waals surface area contributed by atoms with Crippen LogP contribution in [0.5, 0.6) is 0 Å². The Kier molecular flexibility index (Phi) is 4.01. The van der Waals surface area contributed by atoms with Gasteiger partial charge >= 0.3 is 0 Å². The van der Waals surface area contributed by atoms with Crippen molar-refractivity contribution in [3.05, 3.63) is 30.0 Å². The largest absolute Gasteiger partial charge is 0.368 e. The lowest BCUT2D eigenvalue weighted by molar-refractivity contribution is 0.0957. The molecular formula is C11H15N7O. The van der Waals surface area contributed by atoms with Crippen molar-refractivity contribution in [1.82, 2.24) is 30.3 Å². The summed E-state index contributed by atoms with van der Waals surface area (Å²) in [5, 5.41) is 21.1. The van der Waals surface area contributed by atoms with Crippen molar-refractivity contribution in [2.75, 3.05) is 18.9 Å². The lowest BCUT2D eigenvalue weighted by atomic mass is 10.3. The number of amides is 1. The molecule has 0 fully saturated rings. The maximum Gasteiger partial charge on any atom is 0.271 e. The van der Waals surface area contributed by atoms with Gasteiger partial charge in [0.25, 0.3) is 5.91 Å². The Balaban J connectivity index is 1.86. The minimum atomic E-state index is -0.252. The lowest BCUT2D eigenvalue weighted by Crippen LogP contribution is -2.20. The molecule has 0 aliphatic rings. The van der Waals surface area contributed by atoms with Gasteiger partial charge in [0, 0.05) is 27.1 Å². The highest BCUT2D eigenvalue weighted by Gasteiger charge is 2.05. The van der Waals surface area contributed by atoms with Crippen molar-refractivity contribution >= 4 is 11.7 Å². The van der Waals surface area contributed by atoms with Gasteiger partial charge in [0.1, 0.15) is 18.0 Å². The van der Waals surface area contributed by atoms with Gasteiger partial charge in [-0.15, -0.1) is 20.4 Å². The van der Waals surface area contributed by atoms with Crippen molar-refractivity contribution in [3.8, 4) is 0 Å². The smallest absolute Gasteiger partial charge is 0.271 e. The monoisotopic (exact) mass is 261 g/mol. The van der Waals surface area contributed by atoms with Crippen molar-refractivity contribution in [2.45, 2.75) is 6.42 Å². The molecule has 0 aliphatic heterocycles. The van der Waals surface area contributed by atoms with Gasteiger partial charge < -0.3 is 15.2 Å². The van der Waals surface area contributed by atoms with E-state index in [0.29, 0.717) is 18.1 Å². The molecule has 2 aromatic heterocycles. The average Bonchev–Trinajstić information content (AvgIpc) is 2.84. The highest BCUT2D eigenvalue weighted by atomic mass is 16.1. The van der Waals surface area contributed by atoms with Crippen LogP contribution >= 0.6 is 0 Å². The molecule has 0 spiro atoms. The third kappa shape index (κ3) is 3.24. The molecule has 0 aromatic carbocycles. The molecule has 8 nitrogen and oxygen atoms in total. The van der Waals surface area contributed by atoms with Crippen LogP contribution in [0.1, 0.15) is 16.3 Å². The predicted octanol–water partition coefficient (Wildman–Crippen LogP) is -0.381. The number of hydrogen-bond acceptors (Lipinski definition) is 6. The van der Waals surface area contributed by atoms with E-state index in [0.717, 1.165) is 12.2 Å². The summed E-state index contributed by atoms with van der Waals surface area (Å²) in [7, 11) is 3.45. The van der Waals surface area contributed by atoms with E-state index in [-0.39, 0.29) is 5.91 Å². The highest BCUT2D eigenvalue weighted by Crippen LogP contribution is 2.02. The van der Waals surface area contributed by atoms with Crippen LogP contribution in [-0.2, 0) is 13.5 Å². The van der Waals surface area contributed by atoms with E-state index >= 15 is 0 Å². The number of carbonyl (C=O) groups excluding carboxylic acids is 1. The van der Waals surface area contributed by atoms with Gasteiger partial charge in [0.15, 0.2) is 5.69 Å². The first-order chi connectivity index (χ1) is 9.20. The minimum Gasteiger partial charge on any atom is -0.368 e. The number of carbonyl (C=O) groups is 1. The minimum absolute atomic E-state index is 0.252. The highest BCUT2D eigenvalue weighted by molar-refractivity contribution is 5.91. The van der Waals surface area contributed by atoms with Crippen LogP contribution in [0.15, 0.2) is 18.5 Å². The number of hydrogen-bond donors (Lipinski definition) is 2. The number of nitrogens with one attached hydrogen (secondary N) is 2. The molecule has 0 aliphatic carbocycles. The summed E-state index contributed by atoms with van der Waals surface area (Å²) in [6.07, 6.45) is 2.39. The third-order valence-electron chi connectivity index (χ3n) is 2.58. The zero-order chi connectivity index (χ0) is 13.7. The maximum absolute atomic E-state index is 11.3. The summed E-state index contributed by atoms with van der Waals surface area (Å²) < 4.78 is 1.86. The third-order valence-corrected chi connectivity index (χ3v) is 2.58. The number of aryl methyl sites for hydroxylation is 1. The van der Waals surface area contributed by atoms with Gasteiger partial charge in [0.05, 0.1) is 0 Å². The Morgan fingerprint density at radius 2 is 2.16 bits per heavy atom. The summed E-state index contributed by atoms with van der Waals surface area (Å²) in [5.41, 5.74) is 0.293. The predicted molar refractivity (Wildman–Crippen MR) is 68.6 cm³/mol. The second-order valence-electron chi connectivity index (χ2n) is 3.92. The fraction of sp³-hybridized carbons (Fsp3) is 0.364. The first-order valence-electron chi connectivity index (χ1n) is 5.83. The molecule has 0 unspecified atom stereocenters. The quantitative estimate of drug-likeness (QED) is 0.761. The normalized spacial score (nSPS) is 10.2. The van der Waals surface area contributed by atoms with Crippen molar-refractivity contribution in [3.63, 3.8) is 0 Å². The molecule has 2 aromatic rings. The van der Waals surface area contributed by atoms with E-state index in [1.165, 1.54) is 0 Å². The van der Waals surface area contributed by atoms with Crippen LogP contribution in [0.25, 0.3) is 0 Å². The standard InChI is InChI=1S/C11H15N7O/c1-12-11(19)8-3-4-9(16-15-8)13-6-5-10-17-14-7-18(10)2/h3-4,7H,5-6H2,1-2H3,(H,12,19)(H,13,16). The molecule has 0 radical (unpaired) electrons. The number of aromatic nitrogens is 5. The Hall–Kier alpha value is -2.51. The van der Waals surface area contributed by atoms with E-state index in [9.17, 15) is 4.79 Å². The summed E-state index contributed by atoms with van der Waals surface area (Å²) in [5.74, 6) is 1.26. The number of nitrogens with zero attached hydrogens (tertiary/aromatic N) is 5. The average molecular weight is 261 g/mol. The van der Waals surface area contributed by atoms with Gasteiger partial charge in [-0.2, -0.15) is 0 Å². The second kappa shape index (κ2) is 5.89. The van der Waals surface area contributed by atoms with Crippen molar-refractivity contribution < 1.29 is 4.79 Å². The zero-order valence-corrected chi connectivity index (χ0v) is 10.8. The Labute approximate surface area is 110 Å². The molecular weight excluding hydrogens is 246 g/mol. The van der Waals surface area contributed by atoms with E-state index in [2.05, 4.69) is 31.0 Å². The first-order valence-corrected chi connectivity index (χ1v) is 5.83. The van der Waals surface area contributed by atoms with Crippen molar-refractivity contribution in [2.24, 2.45) is 7.05 Å². The summed E-state index contributed by atoms with van der Waals surface area (Å²) in [4.78, 5) is 11.3. The maximum atomic E-state index is 11.3. The van der Waals surface area contributed by atoms with Gasteiger partial charge in [0.2, 0.25) is 0 Å². The van der Waals surface area contributed by atoms with Crippen LogP contribution < -0.4 is 10.6 Å². The lowest BCUT2D eigenvalue weighted by Gasteiger charge is -2.05. The van der Waals surface area contributed by atoms with Gasteiger partial charge in [-0.1, -0.05) is 0 Å². The molecule has 1 amide bonds. The van der Waals surface area contributed by atoms with E-state index in [4.69, 9.17) is 0 Å². The fourth-order valence-corrected chi connectivity index (χ4v) is 1.51. The number of anilines is 1. The molecule has 2 rings (SSSR count). The molecule has 0 atom stereocenters. The molecule has 2 N–H and O–H groups in total.